The van der Waals surface area contributed by atoms with Crippen LogP contribution in [-0.4, -0.2) is 85.6 Å². The van der Waals surface area contributed by atoms with Gasteiger partial charge in [-0.15, -0.1) is 0 Å². The summed E-state index contributed by atoms with van der Waals surface area (Å²) in [4.78, 5) is 77.9. The molecule has 14 nitrogen and oxygen atoms in total. The molecule has 2 aromatic carbocycles. The number of rotatable bonds is 15. The van der Waals surface area contributed by atoms with Crippen LogP contribution < -0.4 is 10.6 Å². The van der Waals surface area contributed by atoms with Crippen molar-refractivity contribution in [1.29, 1.82) is 0 Å². The first-order valence-electron chi connectivity index (χ1n) is 16.8. The van der Waals surface area contributed by atoms with Crippen molar-refractivity contribution < 1.29 is 66.0 Å². The zero-order chi connectivity index (χ0) is 38.9. The van der Waals surface area contributed by atoms with Gasteiger partial charge in [0.2, 0.25) is 5.91 Å². The molecule has 2 aliphatic rings. The Labute approximate surface area is 309 Å². The van der Waals surface area contributed by atoms with Gasteiger partial charge in [0.1, 0.15) is 12.2 Å². The van der Waals surface area contributed by atoms with E-state index < -0.39 is 103 Å². The molecule has 288 valence electrons. The zero-order valence-electron chi connectivity index (χ0n) is 29.5. The number of ether oxygens (including phenoxy) is 6. The molecule has 2 aromatic rings. The number of benzene rings is 2. The van der Waals surface area contributed by atoms with Gasteiger partial charge in [-0.1, -0.05) is 30.2 Å². The largest absolute Gasteiger partial charge is 0.465 e. The van der Waals surface area contributed by atoms with Crippen LogP contribution in [0, 0.1) is 17.6 Å². The number of carbonyl (C=O) groups is 6. The Hall–Kier alpha value is -4.67. The molecule has 0 bridgehead atoms. The Morgan fingerprint density at radius 2 is 1.64 bits per heavy atom. The van der Waals surface area contributed by atoms with Gasteiger partial charge in [0.25, 0.3) is 11.7 Å². The highest BCUT2D eigenvalue weighted by atomic mass is 35.5. The van der Waals surface area contributed by atoms with E-state index in [1.165, 1.54) is 36.4 Å². The Morgan fingerprint density at radius 3 is 2.23 bits per heavy atom. The van der Waals surface area contributed by atoms with E-state index in [2.05, 4.69) is 10.6 Å². The number of carbonyl (C=O) groups excluding carboxylic acids is 6. The van der Waals surface area contributed by atoms with E-state index in [-0.39, 0.29) is 23.5 Å². The molecule has 0 radical (unpaired) electrons. The van der Waals surface area contributed by atoms with Crippen LogP contribution in [0.4, 0.5) is 8.78 Å². The number of methoxy groups -OCH3 is 1. The van der Waals surface area contributed by atoms with E-state index in [1.807, 2.05) is 0 Å². The Kier molecular flexibility index (Phi) is 14.3. The lowest BCUT2D eigenvalue weighted by atomic mass is 9.82. The summed E-state index contributed by atoms with van der Waals surface area (Å²) in [7, 11) is 0.986. The molecule has 0 aromatic heterocycles. The topological polar surface area (TPSA) is 182 Å². The molecule has 2 fully saturated rings. The molecule has 17 heteroatoms. The third-order valence-electron chi connectivity index (χ3n) is 8.76. The number of hydrogen-bond donors (Lipinski definition) is 2. The van der Waals surface area contributed by atoms with Crippen molar-refractivity contribution in [2.45, 2.75) is 95.7 Å². The molecule has 1 saturated carbocycles. The number of nitrogens with one attached hydrogen (secondary N) is 2. The highest BCUT2D eigenvalue weighted by molar-refractivity contribution is 6.30. The third kappa shape index (κ3) is 10.9. The van der Waals surface area contributed by atoms with Gasteiger partial charge in [0, 0.05) is 43.3 Å². The molecule has 2 N–H and O–H groups in total. The van der Waals surface area contributed by atoms with Gasteiger partial charge in [-0.3, -0.25) is 24.0 Å². The van der Waals surface area contributed by atoms with Gasteiger partial charge in [0.05, 0.1) is 32.7 Å². The lowest BCUT2D eigenvalue weighted by molar-refractivity contribution is -0.317. The predicted molar refractivity (Wildman–Crippen MR) is 180 cm³/mol. The predicted octanol–water partition coefficient (Wildman–Crippen LogP) is 3.69. The van der Waals surface area contributed by atoms with Gasteiger partial charge in [-0.05, 0) is 49.1 Å². The van der Waals surface area contributed by atoms with E-state index in [4.69, 9.17) is 40.0 Å². The fourth-order valence-corrected chi connectivity index (χ4v) is 6.22. The fraction of sp³-hybridized carbons (Fsp3) is 0.500. The van der Waals surface area contributed by atoms with Gasteiger partial charge in [0.15, 0.2) is 23.8 Å². The Bertz CT molecular complexity index is 1670. The molecule has 6 atom stereocenters. The summed E-state index contributed by atoms with van der Waals surface area (Å²) in [6, 6.07) is 7.70. The summed E-state index contributed by atoms with van der Waals surface area (Å²) < 4.78 is 62.9. The van der Waals surface area contributed by atoms with E-state index in [0.29, 0.717) is 5.02 Å². The summed E-state index contributed by atoms with van der Waals surface area (Å²) >= 11 is 5.95. The van der Waals surface area contributed by atoms with Crippen molar-refractivity contribution in [3.63, 3.8) is 0 Å². The lowest BCUT2D eigenvalue weighted by Gasteiger charge is -2.48. The van der Waals surface area contributed by atoms with Gasteiger partial charge in [-0.25, -0.2) is 13.6 Å². The minimum atomic E-state index is -2.58. The second-order valence-electron chi connectivity index (χ2n) is 12.7. The normalized spacial score (nSPS) is 22.3. The smallest absolute Gasteiger partial charge is 0.366 e. The first-order valence-corrected chi connectivity index (χ1v) is 17.2. The number of halogens is 3. The highest BCUT2D eigenvalue weighted by Crippen LogP contribution is 2.38. The number of hydrogen-bond acceptors (Lipinski definition) is 12. The summed E-state index contributed by atoms with van der Waals surface area (Å²) in [6.45, 7) is 1.85. The SMILES string of the molecule is COC(=O)[C@]1(OCc2cccc(F)c2F)C[C@H](OC(C)=O)[C@@H](NC(=O)CC2CCC2)[C@H]([C@H](OC(C)=O)[C@@H](CNC(=O)c2ccc(Cl)cc2)OC(C)=O)O1. The maximum atomic E-state index is 14.7. The van der Waals surface area contributed by atoms with Gasteiger partial charge < -0.3 is 39.1 Å². The lowest BCUT2D eigenvalue weighted by Crippen LogP contribution is -2.69. The summed E-state index contributed by atoms with van der Waals surface area (Å²) in [5, 5.41) is 5.74. The van der Waals surface area contributed by atoms with Crippen molar-refractivity contribution in [3.05, 3.63) is 70.2 Å². The standard InChI is InChI=1S/C36H41ClF2N2O12/c1-19(42)50-27-16-36(35(47)48-4,49-18-24-9-6-10-26(38)30(24)39)53-33(31(27)41-29(45)15-22-7-5-8-22)32(52-21(3)44)28(51-20(2)43)17-40-34(46)23-11-13-25(37)14-12-23/h6,9-14,22,27-28,31-33H,5,7-8,15-18H2,1-4H3,(H,40,46)(H,41,45)/t27-,28+,31+,32+,33+,36-/m0/s1. The number of amides is 2. The summed E-state index contributed by atoms with van der Waals surface area (Å²) in [5.41, 5.74) is -0.153. The first-order chi connectivity index (χ1) is 25.1. The second kappa shape index (κ2) is 18.4. The van der Waals surface area contributed by atoms with Crippen molar-refractivity contribution in [3.8, 4) is 0 Å². The van der Waals surface area contributed by atoms with Crippen LogP contribution in [0.25, 0.3) is 0 Å². The average molecular weight is 767 g/mol. The molecule has 1 aliphatic heterocycles. The minimum absolute atomic E-state index is 0.0740. The minimum Gasteiger partial charge on any atom is -0.465 e. The van der Waals surface area contributed by atoms with Crippen LogP contribution in [0.5, 0.6) is 0 Å². The van der Waals surface area contributed by atoms with Crippen molar-refractivity contribution in [2.24, 2.45) is 5.92 Å². The highest BCUT2D eigenvalue weighted by Gasteiger charge is 2.59. The molecule has 0 spiro atoms. The molecule has 4 rings (SSSR count). The van der Waals surface area contributed by atoms with Crippen LogP contribution >= 0.6 is 11.6 Å². The maximum Gasteiger partial charge on any atom is 0.366 e. The third-order valence-corrected chi connectivity index (χ3v) is 9.02. The molecule has 53 heavy (non-hydrogen) atoms. The van der Waals surface area contributed by atoms with Gasteiger partial charge >= 0.3 is 23.9 Å². The molecule has 1 heterocycles. The van der Waals surface area contributed by atoms with Crippen LogP contribution in [0.15, 0.2) is 42.5 Å². The van der Waals surface area contributed by atoms with Crippen molar-refractivity contribution in [1.82, 2.24) is 10.6 Å². The van der Waals surface area contributed by atoms with Gasteiger partial charge in [-0.2, -0.15) is 0 Å². The molecule has 1 saturated heterocycles. The molecule has 1 aliphatic carbocycles. The first kappa shape index (κ1) is 41.1. The number of esters is 4. The zero-order valence-corrected chi connectivity index (χ0v) is 30.2. The van der Waals surface area contributed by atoms with E-state index in [9.17, 15) is 37.5 Å². The van der Waals surface area contributed by atoms with Crippen LogP contribution in [-0.2, 0) is 59.0 Å². The molecule has 2 amide bonds. The molecular formula is C36H41ClF2N2O12. The van der Waals surface area contributed by atoms with Crippen LogP contribution in [0.2, 0.25) is 5.02 Å². The van der Waals surface area contributed by atoms with Crippen molar-refractivity contribution >= 4 is 47.3 Å². The summed E-state index contributed by atoms with van der Waals surface area (Å²) in [6.07, 6.45) is -4.59. The van der Waals surface area contributed by atoms with Crippen molar-refractivity contribution in [2.75, 3.05) is 13.7 Å². The monoisotopic (exact) mass is 766 g/mol. The Balaban J connectivity index is 1.81. The Morgan fingerprint density at radius 1 is 0.962 bits per heavy atom. The molecular weight excluding hydrogens is 726 g/mol. The van der Waals surface area contributed by atoms with Crippen LogP contribution in [0.1, 0.15) is 68.8 Å². The second-order valence-corrected chi connectivity index (χ2v) is 13.2. The van der Waals surface area contributed by atoms with E-state index in [1.54, 1.807) is 0 Å². The quantitative estimate of drug-likeness (QED) is 0.199. The fourth-order valence-electron chi connectivity index (χ4n) is 6.10. The average Bonchev–Trinajstić information content (AvgIpc) is 3.08. The molecule has 0 unspecified atom stereocenters. The maximum absolute atomic E-state index is 14.7. The summed E-state index contributed by atoms with van der Waals surface area (Å²) in [5.74, 6) is -10.0. The van der Waals surface area contributed by atoms with Crippen LogP contribution in [0.3, 0.4) is 0 Å². The van der Waals surface area contributed by atoms with E-state index in [0.717, 1.165) is 53.2 Å². The van der Waals surface area contributed by atoms with E-state index >= 15 is 0 Å².